The first-order valence-corrected chi connectivity index (χ1v) is 9.15. The molecule has 1 amide bonds. The number of ether oxygens (including phenoxy) is 2. The maximum atomic E-state index is 12.9. The fraction of sp³-hybridized carbons (Fsp3) is 0.318. The molecule has 0 saturated heterocycles. The molecular formula is C22H26N2O3. The molecule has 1 unspecified atom stereocenters. The second-order valence-electron chi connectivity index (χ2n) is 6.66. The van der Waals surface area contributed by atoms with Crippen molar-refractivity contribution in [2.75, 3.05) is 13.7 Å². The summed E-state index contributed by atoms with van der Waals surface area (Å²) in [6.45, 7) is 4.56. The van der Waals surface area contributed by atoms with Gasteiger partial charge >= 0.3 is 6.09 Å². The Hall–Kier alpha value is -2.79. The number of rotatable bonds is 7. The zero-order valence-corrected chi connectivity index (χ0v) is 15.6. The van der Waals surface area contributed by atoms with Gasteiger partial charge in [-0.25, -0.2) is 4.79 Å². The summed E-state index contributed by atoms with van der Waals surface area (Å²) in [7, 11) is 1.64. The number of amides is 1. The SMILES string of the molecule is C=CCCN(C(=O)OCc1ccccc1)C1C[C@H](N)c2cc(OC)ccc21. The smallest absolute Gasteiger partial charge is 0.410 e. The Morgan fingerprint density at radius 1 is 1.26 bits per heavy atom. The number of methoxy groups -OCH3 is 1. The molecule has 27 heavy (non-hydrogen) atoms. The van der Waals surface area contributed by atoms with Gasteiger partial charge in [-0.05, 0) is 41.7 Å². The van der Waals surface area contributed by atoms with Crippen molar-refractivity contribution < 1.29 is 14.3 Å². The predicted octanol–water partition coefficient (Wildman–Crippen LogP) is 4.35. The van der Waals surface area contributed by atoms with E-state index in [1.54, 1.807) is 18.1 Å². The number of nitrogens with zero attached hydrogens (tertiary/aromatic N) is 1. The summed E-state index contributed by atoms with van der Waals surface area (Å²) in [6.07, 6.45) is 2.83. The van der Waals surface area contributed by atoms with Crippen molar-refractivity contribution >= 4 is 6.09 Å². The van der Waals surface area contributed by atoms with Crippen LogP contribution in [0.2, 0.25) is 0 Å². The van der Waals surface area contributed by atoms with Crippen LogP contribution in [0.4, 0.5) is 4.79 Å². The zero-order chi connectivity index (χ0) is 19.2. The number of carbonyl (C=O) groups is 1. The third-order valence-electron chi connectivity index (χ3n) is 4.92. The molecule has 5 nitrogen and oxygen atoms in total. The predicted molar refractivity (Wildman–Crippen MR) is 105 cm³/mol. The topological polar surface area (TPSA) is 64.8 Å². The van der Waals surface area contributed by atoms with Gasteiger partial charge in [-0.15, -0.1) is 6.58 Å². The lowest BCUT2D eigenvalue weighted by molar-refractivity contribution is 0.0799. The highest BCUT2D eigenvalue weighted by molar-refractivity contribution is 5.69. The molecule has 0 aromatic heterocycles. The van der Waals surface area contributed by atoms with Gasteiger partial charge in [0.2, 0.25) is 0 Å². The van der Waals surface area contributed by atoms with Crippen LogP contribution in [-0.4, -0.2) is 24.6 Å². The summed E-state index contributed by atoms with van der Waals surface area (Å²) in [4.78, 5) is 14.6. The third-order valence-corrected chi connectivity index (χ3v) is 4.92. The van der Waals surface area contributed by atoms with Crippen LogP contribution in [0, 0.1) is 0 Å². The van der Waals surface area contributed by atoms with Crippen molar-refractivity contribution in [1.29, 1.82) is 0 Å². The molecule has 0 heterocycles. The van der Waals surface area contributed by atoms with Crippen molar-refractivity contribution in [2.45, 2.75) is 31.5 Å². The zero-order valence-electron chi connectivity index (χ0n) is 15.6. The van der Waals surface area contributed by atoms with Crippen LogP contribution in [0.1, 0.15) is 41.6 Å². The summed E-state index contributed by atoms with van der Waals surface area (Å²) < 4.78 is 10.9. The Morgan fingerprint density at radius 3 is 2.74 bits per heavy atom. The molecule has 2 atom stereocenters. The summed E-state index contributed by atoms with van der Waals surface area (Å²) >= 11 is 0. The fourth-order valence-corrected chi connectivity index (χ4v) is 3.50. The van der Waals surface area contributed by atoms with Gasteiger partial charge in [-0.3, -0.25) is 0 Å². The van der Waals surface area contributed by atoms with Gasteiger partial charge in [-0.2, -0.15) is 0 Å². The second-order valence-corrected chi connectivity index (χ2v) is 6.66. The average Bonchev–Trinajstić information content (AvgIpc) is 3.03. The number of nitrogens with two attached hydrogens (primary N) is 1. The van der Waals surface area contributed by atoms with Crippen LogP contribution in [0.25, 0.3) is 0 Å². The third kappa shape index (κ3) is 4.31. The number of benzene rings is 2. The molecule has 0 bridgehead atoms. The van der Waals surface area contributed by atoms with Crippen LogP contribution in [0.3, 0.4) is 0 Å². The molecule has 1 aliphatic carbocycles. The highest BCUT2D eigenvalue weighted by Gasteiger charge is 2.35. The van der Waals surface area contributed by atoms with Crippen molar-refractivity contribution in [3.8, 4) is 5.75 Å². The summed E-state index contributed by atoms with van der Waals surface area (Å²) in [5, 5.41) is 0. The molecule has 2 N–H and O–H groups in total. The standard InChI is InChI=1S/C22H26N2O3/c1-3-4-12-24(22(25)27-15-16-8-6-5-7-9-16)21-14-20(23)19-13-17(26-2)10-11-18(19)21/h3,5-11,13,20-21H,1,4,12,14-15,23H2,2H3/t20-,21?/m0/s1. The molecule has 3 rings (SSSR count). The minimum Gasteiger partial charge on any atom is -0.497 e. The van der Waals surface area contributed by atoms with Gasteiger partial charge in [0.25, 0.3) is 0 Å². The van der Waals surface area contributed by atoms with E-state index >= 15 is 0 Å². The monoisotopic (exact) mass is 366 g/mol. The molecule has 142 valence electrons. The molecule has 1 aliphatic rings. The number of fused-ring (bicyclic) bond motifs is 1. The number of hydrogen-bond acceptors (Lipinski definition) is 4. The quantitative estimate of drug-likeness (QED) is 0.740. The molecule has 2 aromatic rings. The molecule has 5 heteroatoms. The van der Waals surface area contributed by atoms with Crippen LogP contribution < -0.4 is 10.5 Å². The van der Waals surface area contributed by atoms with Gasteiger partial charge in [0.15, 0.2) is 0 Å². The molecular weight excluding hydrogens is 340 g/mol. The minimum absolute atomic E-state index is 0.107. The molecule has 0 fully saturated rings. The van der Waals surface area contributed by atoms with E-state index in [0.29, 0.717) is 19.4 Å². The largest absolute Gasteiger partial charge is 0.497 e. The highest BCUT2D eigenvalue weighted by atomic mass is 16.6. The lowest BCUT2D eigenvalue weighted by Crippen LogP contribution is -2.35. The second kappa shape index (κ2) is 8.73. The van der Waals surface area contributed by atoms with E-state index in [-0.39, 0.29) is 24.8 Å². The van der Waals surface area contributed by atoms with Crippen LogP contribution in [-0.2, 0) is 11.3 Å². The summed E-state index contributed by atoms with van der Waals surface area (Å²) in [5.41, 5.74) is 9.38. The van der Waals surface area contributed by atoms with Gasteiger partial charge in [-0.1, -0.05) is 42.5 Å². The molecule has 0 radical (unpaired) electrons. The van der Waals surface area contributed by atoms with E-state index in [0.717, 1.165) is 22.4 Å². The lowest BCUT2D eigenvalue weighted by atomic mass is 10.1. The molecule has 2 aromatic carbocycles. The lowest BCUT2D eigenvalue weighted by Gasteiger charge is -2.29. The number of hydrogen-bond donors (Lipinski definition) is 1. The Bertz CT molecular complexity index is 791. The Labute approximate surface area is 160 Å². The molecule has 0 spiro atoms. The Kier molecular flexibility index (Phi) is 6.14. The molecule has 0 aliphatic heterocycles. The van der Waals surface area contributed by atoms with Crippen molar-refractivity contribution in [3.63, 3.8) is 0 Å². The summed E-state index contributed by atoms with van der Waals surface area (Å²) in [6, 6.07) is 15.3. The van der Waals surface area contributed by atoms with E-state index in [4.69, 9.17) is 15.2 Å². The highest BCUT2D eigenvalue weighted by Crippen LogP contribution is 2.42. The van der Waals surface area contributed by atoms with E-state index in [9.17, 15) is 4.79 Å². The first-order chi connectivity index (χ1) is 13.1. The van der Waals surface area contributed by atoms with Crippen LogP contribution in [0.5, 0.6) is 5.75 Å². The van der Waals surface area contributed by atoms with E-state index in [1.807, 2.05) is 48.5 Å². The number of carbonyl (C=O) groups excluding carboxylic acids is 1. The Balaban J connectivity index is 1.79. The fourth-order valence-electron chi connectivity index (χ4n) is 3.50. The average molecular weight is 366 g/mol. The first-order valence-electron chi connectivity index (χ1n) is 9.15. The maximum Gasteiger partial charge on any atom is 0.410 e. The Morgan fingerprint density at radius 2 is 2.04 bits per heavy atom. The maximum absolute atomic E-state index is 12.9. The van der Waals surface area contributed by atoms with Gasteiger partial charge in [0, 0.05) is 12.6 Å². The van der Waals surface area contributed by atoms with Gasteiger partial charge in [0.05, 0.1) is 13.2 Å². The molecule has 0 saturated carbocycles. The van der Waals surface area contributed by atoms with Crippen LogP contribution in [0.15, 0.2) is 61.2 Å². The first kappa shape index (κ1) is 19.0. The van der Waals surface area contributed by atoms with Gasteiger partial charge < -0.3 is 20.1 Å². The van der Waals surface area contributed by atoms with Crippen molar-refractivity contribution in [1.82, 2.24) is 4.90 Å². The van der Waals surface area contributed by atoms with E-state index in [2.05, 4.69) is 6.58 Å². The van der Waals surface area contributed by atoms with Crippen LogP contribution >= 0.6 is 0 Å². The van der Waals surface area contributed by atoms with E-state index < -0.39 is 0 Å². The van der Waals surface area contributed by atoms with E-state index in [1.165, 1.54) is 0 Å². The summed E-state index contributed by atoms with van der Waals surface area (Å²) in [5.74, 6) is 0.772. The van der Waals surface area contributed by atoms with Crippen molar-refractivity contribution in [2.24, 2.45) is 5.73 Å². The minimum atomic E-state index is -0.332. The normalized spacial score (nSPS) is 17.9. The van der Waals surface area contributed by atoms with Crippen molar-refractivity contribution in [3.05, 3.63) is 77.9 Å². The van der Waals surface area contributed by atoms with Gasteiger partial charge in [0.1, 0.15) is 12.4 Å².